The lowest BCUT2D eigenvalue weighted by Crippen LogP contribution is -2.17. The summed E-state index contributed by atoms with van der Waals surface area (Å²) in [5.74, 6) is 2.25. The Morgan fingerprint density at radius 2 is 1.88 bits per heavy atom. The minimum atomic E-state index is 0.409. The fourth-order valence-electron chi connectivity index (χ4n) is 3.25. The van der Waals surface area contributed by atoms with Gasteiger partial charge in [0.25, 0.3) is 0 Å². The number of rotatable bonds is 11. The second kappa shape index (κ2) is 11.7. The molecule has 170 valence electrons. The van der Waals surface area contributed by atoms with Crippen molar-refractivity contribution in [3.63, 3.8) is 0 Å². The van der Waals surface area contributed by atoms with Crippen LogP contribution in [-0.4, -0.2) is 39.6 Å². The van der Waals surface area contributed by atoms with Gasteiger partial charge in [-0.3, -0.25) is 0 Å². The van der Waals surface area contributed by atoms with Gasteiger partial charge in [-0.2, -0.15) is 4.68 Å². The highest BCUT2D eigenvalue weighted by atomic mass is 35.5. The molecule has 0 amide bonds. The summed E-state index contributed by atoms with van der Waals surface area (Å²) >= 11 is 7.69. The number of para-hydroxylation sites is 2. The van der Waals surface area contributed by atoms with E-state index in [0.29, 0.717) is 23.9 Å². The van der Waals surface area contributed by atoms with E-state index in [0.717, 1.165) is 40.0 Å². The van der Waals surface area contributed by atoms with Gasteiger partial charge >= 0.3 is 0 Å². The van der Waals surface area contributed by atoms with E-state index < -0.39 is 0 Å². The molecule has 4 rings (SSSR count). The van der Waals surface area contributed by atoms with Gasteiger partial charge in [-0.15, -0.1) is 5.10 Å². The highest BCUT2D eigenvalue weighted by Gasteiger charge is 2.12. The SMILES string of the molecule is COc1cccc(CNCCSc2nnnn2-c2ccccc2)c1OCc1cccc(Cl)c1. The molecule has 0 saturated carbocycles. The first-order chi connectivity index (χ1) is 16.2. The largest absolute Gasteiger partial charge is 0.493 e. The van der Waals surface area contributed by atoms with Gasteiger partial charge in [-0.1, -0.05) is 65.8 Å². The van der Waals surface area contributed by atoms with Crippen LogP contribution in [0.1, 0.15) is 11.1 Å². The van der Waals surface area contributed by atoms with E-state index in [1.807, 2.05) is 72.8 Å². The number of methoxy groups -OCH3 is 1. The molecule has 0 saturated heterocycles. The summed E-state index contributed by atoms with van der Waals surface area (Å²) in [7, 11) is 1.65. The molecule has 0 fully saturated rings. The molecule has 0 aliphatic heterocycles. The molecular formula is C24H24ClN5O2S. The van der Waals surface area contributed by atoms with Crippen LogP contribution in [0.2, 0.25) is 5.02 Å². The van der Waals surface area contributed by atoms with Gasteiger partial charge in [-0.05, 0) is 46.3 Å². The summed E-state index contributed by atoms with van der Waals surface area (Å²) in [6, 6.07) is 23.4. The Bertz CT molecular complexity index is 1170. The number of aromatic nitrogens is 4. The fourth-order valence-corrected chi connectivity index (χ4v) is 4.25. The topological polar surface area (TPSA) is 74.1 Å². The Balaban J connectivity index is 1.32. The Morgan fingerprint density at radius 3 is 2.70 bits per heavy atom. The monoisotopic (exact) mass is 481 g/mol. The molecule has 0 radical (unpaired) electrons. The number of nitrogens with one attached hydrogen (secondary N) is 1. The molecule has 0 unspecified atom stereocenters. The molecule has 1 N–H and O–H groups in total. The molecule has 3 aromatic carbocycles. The Labute approximate surface area is 202 Å². The normalized spacial score (nSPS) is 10.8. The Morgan fingerprint density at radius 1 is 1.03 bits per heavy atom. The molecule has 0 atom stereocenters. The second-order valence-corrected chi connectivity index (χ2v) is 8.60. The zero-order chi connectivity index (χ0) is 22.9. The lowest BCUT2D eigenvalue weighted by atomic mass is 10.1. The molecule has 0 spiro atoms. The maximum absolute atomic E-state index is 6.12. The number of ether oxygens (including phenoxy) is 2. The first-order valence-electron chi connectivity index (χ1n) is 10.4. The third kappa shape index (κ3) is 6.25. The number of hydrogen-bond acceptors (Lipinski definition) is 7. The minimum Gasteiger partial charge on any atom is -0.493 e. The maximum atomic E-state index is 6.12. The van der Waals surface area contributed by atoms with Crippen LogP contribution in [-0.2, 0) is 13.2 Å². The van der Waals surface area contributed by atoms with Crippen LogP contribution in [0.15, 0.2) is 78.0 Å². The van der Waals surface area contributed by atoms with Crippen LogP contribution in [0, 0.1) is 0 Å². The van der Waals surface area contributed by atoms with Gasteiger partial charge in [0.05, 0.1) is 12.8 Å². The summed E-state index contributed by atoms with van der Waals surface area (Å²) < 4.78 is 13.4. The van der Waals surface area contributed by atoms with E-state index in [1.165, 1.54) is 0 Å². The number of tetrazole rings is 1. The molecule has 0 bridgehead atoms. The molecular weight excluding hydrogens is 458 g/mol. The van der Waals surface area contributed by atoms with Crippen LogP contribution >= 0.6 is 23.4 Å². The number of thioether (sulfide) groups is 1. The smallest absolute Gasteiger partial charge is 0.214 e. The molecule has 0 aliphatic carbocycles. The van der Waals surface area contributed by atoms with Crippen LogP contribution < -0.4 is 14.8 Å². The minimum absolute atomic E-state index is 0.409. The standard InChI is InChI=1S/C24H24ClN5O2S/c1-31-22-12-6-8-19(23(22)32-17-18-7-5-9-20(25)15-18)16-26-13-14-33-24-27-28-29-30(24)21-10-3-2-4-11-21/h2-12,15,26H,13-14,16-17H2,1H3. The van der Waals surface area contributed by atoms with Gasteiger partial charge in [0.2, 0.25) is 5.16 Å². The van der Waals surface area contributed by atoms with Crippen molar-refractivity contribution >= 4 is 23.4 Å². The Kier molecular flexibility index (Phi) is 8.19. The average Bonchev–Trinajstić information content (AvgIpc) is 3.32. The zero-order valence-electron chi connectivity index (χ0n) is 18.1. The number of benzene rings is 3. The highest BCUT2D eigenvalue weighted by Crippen LogP contribution is 2.32. The van der Waals surface area contributed by atoms with Gasteiger partial charge < -0.3 is 14.8 Å². The third-order valence-electron chi connectivity index (χ3n) is 4.82. The second-order valence-electron chi connectivity index (χ2n) is 7.10. The maximum Gasteiger partial charge on any atom is 0.214 e. The predicted molar refractivity (Wildman–Crippen MR) is 130 cm³/mol. The molecule has 1 aromatic heterocycles. The van der Waals surface area contributed by atoms with Crippen molar-refractivity contribution in [2.75, 3.05) is 19.4 Å². The van der Waals surface area contributed by atoms with Gasteiger partial charge in [-0.25, -0.2) is 0 Å². The molecule has 33 heavy (non-hydrogen) atoms. The lowest BCUT2D eigenvalue weighted by molar-refractivity contribution is 0.281. The molecule has 1 heterocycles. The first-order valence-corrected chi connectivity index (χ1v) is 11.8. The molecule has 7 nitrogen and oxygen atoms in total. The van der Waals surface area contributed by atoms with Crippen molar-refractivity contribution in [1.82, 2.24) is 25.5 Å². The average molecular weight is 482 g/mol. The van der Waals surface area contributed by atoms with E-state index in [-0.39, 0.29) is 0 Å². The van der Waals surface area contributed by atoms with Crippen molar-refractivity contribution in [3.05, 3.63) is 88.9 Å². The Hall–Kier alpha value is -3.07. The van der Waals surface area contributed by atoms with E-state index in [1.54, 1.807) is 23.6 Å². The molecule has 4 aromatic rings. The summed E-state index contributed by atoms with van der Waals surface area (Å²) in [6.45, 7) is 1.83. The van der Waals surface area contributed by atoms with Crippen LogP contribution in [0.5, 0.6) is 11.5 Å². The van der Waals surface area contributed by atoms with Crippen molar-refractivity contribution in [2.24, 2.45) is 0 Å². The van der Waals surface area contributed by atoms with E-state index >= 15 is 0 Å². The molecule has 0 aliphatic rings. The number of halogens is 1. The number of hydrogen-bond donors (Lipinski definition) is 1. The van der Waals surface area contributed by atoms with Crippen molar-refractivity contribution < 1.29 is 9.47 Å². The van der Waals surface area contributed by atoms with E-state index in [4.69, 9.17) is 21.1 Å². The summed E-state index contributed by atoms with van der Waals surface area (Å²) in [6.07, 6.45) is 0. The number of nitrogens with zero attached hydrogens (tertiary/aromatic N) is 4. The summed E-state index contributed by atoms with van der Waals surface area (Å²) in [5, 5.41) is 17.0. The van der Waals surface area contributed by atoms with Gasteiger partial charge in [0.15, 0.2) is 11.5 Å². The van der Waals surface area contributed by atoms with Crippen molar-refractivity contribution in [1.29, 1.82) is 0 Å². The third-order valence-corrected chi connectivity index (χ3v) is 5.98. The van der Waals surface area contributed by atoms with Crippen molar-refractivity contribution in [3.8, 4) is 17.2 Å². The van der Waals surface area contributed by atoms with Crippen LogP contribution in [0.3, 0.4) is 0 Å². The van der Waals surface area contributed by atoms with E-state index in [9.17, 15) is 0 Å². The van der Waals surface area contributed by atoms with E-state index in [2.05, 4.69) is 20.8 Å². The van der Waals surface area contributed by atoms with Crippen molar-refractivity contribution in [2.45, 2.75) is 18.3 Å². The fraction of sp³-hybridized carbons (Fsp3) is 0.208. The highest BCUT2D eigenvalue weighted by molar-refractivity contribution is 7.99. The predicted octanol–water partition coefficient (Wildman–Crippen LogP) is 4.79. The zero-order valence-corrected chi connectivity index (χ0v) is 19.7. The summed E-state index contributed by atoms with van der Waals surface area (Å²) in [5.41, 5.74) is 2.96. The van der Waals surface area contributed by atoms with Crippen LogP contribution in [0.4, 0.5) is 0 Å². The van der Waals surface area contributed by atoms with Gasteiger partial charge in [0.1, 0.15) is 6.61 Å². The summed E-state index contributed by atoms with van der Waals surface area (Å²) in [4.78, 5) is 0. The van der Waals surface area contributed by atoms with Gasteiger partial charge in [0, 0.05) is 29.4 Å². The first kappa shape index (κ1) is 23.1. The quantitative estimate of drug-likeness (QED) is 0.244. The molecule has 9 heteroatoms. The lowest BCUT2D eigenvalue weighted by Gasteiger charge is -2.16. The van der Waals surface area contributed by atoms with Crippen LogP contribution in [0.25, 0.3) is 5.69 Å².